The molecule has 2 nitrogen and oxygen atoms in total. The molecule has 0 saturated heterocycles. The van der Waals surface area contributed by atoms with Crippen molar-refractivity contribution in [1.29, 1.82) is 0 Å². The summed E-state index contributed by atoms with van der Waals surface area (Å²) in [6.07, 6.45) is 11.8. The Morgan fingerprint density at radius 2 is 1.15 bits per heavy atom. The zero-order valence-electron chi connectivity index (χ0n) is 29.6. The third-order valence-electron chi connectivity index (χ3n) is 11.2. The molecule has 2 heteroatoms. The van der Waals surface area contributed by atoms with E-state index in [2.05, 4.69) is 193 Å². The Bertz CT molecular complexity index is 2800. The number of hydrogen-bond donors (Lipinski definition) is 0. The van der Waals surface area contributed by atoms with E-state index in [1.165, 1.54) is 88.1 Å². The van der Waals surface area contributed by atoms with Crippen LogP contribution in [0.3, 0.4) is 0 Å². The first kappa shape index (κ1) is 30.7. The molecule has 6 aromatic carbocycles. The number of fused-ring (bicyclic) bond motifs is 6. The van der Waals surface area contributed by atoms with Gasteiger partial charge in [-0.2, -0.15) is 0 Å². The Morgan fingerprint density at radius 3 is 1.85 bits per heavy atom. The van der Waals surface area contributed by atoms with E-state index in [1.807, 2.05) is 0 Å². The molecular weight excluding hydrogens is 629 g/mol. The Balaban J connectivity index is 1.14. The molecule has 0 spiro atoms. The average molecular weight is 669 g/mol. The van der Waals surface area contributed by atoms with Crippen molar-refractivity contribution in [1.82, 2.24) is 9.13 Å². The molecule has 0 amide bonds. The maximum Gasteiger partial charge on any atom is 0.0540 e. The minimum atomic E-state index is 0.285. The van der Waals surface area contributed by atoms with Crippen LogP contribution in [0.15, 0.2) is 163 Å². The normalized spacial score (nSPS) is 17.0. The summed E-state index contributed by atoms with van der Waals surface area (Å²) in [7, 11) is 0. The molecule has 2 unspecified atom stereocenters. The van der Waals surface area contributed by atoms with Gasteiger partial charge in [0.2, 0.25) is 0 Å². The number of para-hydroxylation sites is 2. The van der Waals surface area contributed by atoms with Crippen molar-refractivity contribution in [2.45, 2.75) is 32.6 Å². The second-order valence-electron chi connectivity index (χ2n) is 14.7. The quantitative estimate of drug-likeness (QED) is 0.173. The van der Waals surface area contributed by atoms with E-state index >= 15 is 0 Å². The Morgan fingerprint density at radius 1 is 0.538 bits per heavy atom. The smallest absolute Gasteiger partial charge is 0.0540 e. The van der Waals surface area contributed by atoms with Gasteiger partial charge in [-0.15, -0.1) is 0 Å². The first-order valence-electron chi connectivity index (χ1n) is 18.6. The molecule has 2 aliphatic carbocycles. The zero-order valence-corrected chi connectivity index (χ0v) is 29.6. The molecule has 2 aromatic heterocycles. The lowest BCUT2D eigenvalue weighted by molar-refractivity contribution is 0.723. The van der Waals surface area contributed by atoms with Gasteiger partial charge >= 0.3 is 0 Å². The summed E-state index contributed by atoms with van der Waals surface area (Å²) in [4.78, 5) is 0. The van der Waals surface area contributed by atoms with Crippen LogP contribution in [0, 0.1) is 5.92 Å². The van der Waals surface area contributed by atoms with Crippen molar-refractivity contribution >= 4 is 50.6 Å². The molecule has 0 saturated carbocycles. The molecule has 52 heavy (non-hydrogen) atoms. The summed E-state index contributed by atoms with van der Waals surface area (Å²) < 4.78 is 5.00. The van der Waals surface area contributed by atoms with Crippen LogP contribution < -0.4 is 10.6 Å². The SMILES string of the molecule is CC1=CC(C)CC(n2c3ccccc3c3cc(C4C=c5c(n(-c6cc(-c7ccccc7)cc(-c7ccccc7)c6)c6ccccc56)=CC4)ccc32)=C1. The van der Waals surface area contributed by atoms with Gasteiger partial charge in [-0.25, -0.2) is 0 Å². The van der Waals surface area contributed by atoms with Crippen molar-refractivity contribution < 1.29 is 0 Å². The number of nitrogens with zero attached hydrogens (tertiary/aromatic N) is 2. The van der Waals surface area contributed by atoms with Crippen LogP contribution in [-0.2, 0) is 0 Å². The van der Waals surface area contributed by atoms with Gasteiger partial charge in [-0.05, 0) is 102 Å². The second kappa shape index (κ2) is 12.3. The topological polar surface area (TPSA) is 9.86 Å². The molecule has 8 aromatic rings. The summed E-state index contributed by atoms with van der Waals surface area (Å²) in [6.45, 7) is 4.55. The lowest BCUT2D eigenvalue weighted by Gasteiger charge is -2.20. The predicted molar refractivity (Wildman–Crippen MR) is 221 cm³/mol. The molecule has 0 N–H and O–H groups in total. The van der Waals surface area contributed by atoms with Crippen molar-refractivity contribution in [2.75, 3.05) is 0 Å². The number of aromatic nitrogens is 2. The second-order valence-corrected chi connectivity index (χ2v) is 14.7. The fraction of sp³-hybridized carbons (Fsp3) is 0.120. The fourth-order valence-corrected chi connectivity index (χ4v) is 8.91. The minimum absolute atomic E-state index is 0.285. The highest BCUT2D eigenvalue weighted by atomic mass is 15.0. The molecule has 0 aliphatic heterocycles. The maximum absolute atomic E-state index is 2.53. The van der Waals surface area contributed by atoms with Crippen molar-refractivity contribution in [3.05, 3.63) is 179 Å². The Hall–Kier alpha value is -6.12. The van der Waals surface area contributed by atoms with Gasteiger partial charge < -0.3 is 9.13 Å². The van der Waals surface area contributed by atoms with Crippen molar-refractivity contribution in [3.63, 3.8) is 0 Å². The number of benzene rings is 6. The van der Waals surface area contributed by atoms with Crippen LogP contribution >= 0.6 is 0 Å². The van der Waals surface area contributed by atoms with Gasteiger partial charge in [-0.1, -0.05) is 134 Å². The number of rotatable bonds is 5. The number of allylic oxidation sites excluding steroid dienone is 4. The van der Waals surface area contributed by atoms with Gasteiger partial charge in [0.15, 0.2) is 0 Å². The summed E-state index contributed by atoms with van der Waals surface area (Å²) in [5.74, 6) is 0.817. The third-order valence-corrected chi connectivity index (χ3v) is 11.2. The maximum atomic E-state index is 2.53. The molecule has 2 atom stereocenters. The Labute approximate surface area is 304 Å². The summed E-state index contributed by atoms with van der Waals surface area (Å²) in [6, 6.07) is 53.6. The van der Waals surface area contributed by atoms with E-state index in [4.69, 9.17) is 0 Å². The van der Waals surface area contributed by atoms with E-state index in [1.54, 1.807) is 0 Å². The van der Waals surface area contributed by atoms with Crippen LogP contribution in [0.4, 0.5) is 0 Å². The highest BCUT2D eigenvalue weighted by molar-refractivity contribution is 6.10. The molecule has 2 heterocycles. The van der Waals surface area contributed by atoms with Crippen LogP contribution in [0.2, 0.25) is 0 Å². The first-order chi connectivity index (χ1) is 25.6. The van der Waals surface area contributed by atoms with Gasteiger partial charge in [-0.3, -0.25) is 0 Å². The lowest BCUT2D eigenvalue weighted by atomic mass is 9.90. The van der Waals surface area contributed by atoms with Crippen LogP contribution in [0.1, 0.15) is 38.2 Å². The number of hydrogen-bond acceptors (Lipinski definition) is 0. The molecule has 0 fully saturated rings. The molecule has 0 radical (unpaired) electrons. The summed E-state index contributed by atoms with van der Waals surface area (Å²) in [5, 5.41) is 6.56. The van der Waals surface area contributed by atoms with Crippen molar-refractivity contribution in [3.8, 4) is 27.9 Å². The van der Waals surface area contributed by atoms with E-state index in [-0.39, 0.29) is 5.92 Å². The van der Waals surface area contributed by atoms with E-state index in [9.17, 15) is 0 Å². The molecule has 250 valence electrons. The standard InChI is InChI=1S/C50H40N2/c1-33-25-34(2)27-41(26-33)51-47-19-11-9-17-43(47)45-31-37(21-23-49(45)51)38-22-24-50-46(32-38)44-18-10-12-20-48(44)52(50)42-29-39(35-13-5-3-6-14-35)28-40(30-42)36-15-7-4-8-16-36/h3-21,23-26,28-32,34,38H,22,27H2,1-2H3. The van der Waals surface area contributed by atoms with Crippen LogP contribution in [0.25, 0.3) is 78.5 Å². The molecule has 10 rings (SSSR count). The predicted octanol–water partition coefficient (Wildman–Crippen LogP) is 11.6. The van der Waals surface area contributed by atoms with Gasteiger partial charge in [0, 0.05) is 44.0 Å². The minimum Gasteiger partial charge on any atom is -0.313 e. The summed E-state index contributed by atoms with van der Waals surface area (Å²) in [5.41, 5.74) is 14.0. The summed E-state index contributed by atoms with van der Waals surface area (Å²) >= 11 is 0. The Kier molecular flexibility index (Phi) is 7.25. The van der Waals surface area contributed by atoms with Gasteiger partial charge in [0.1, 0.15) is 0 Å². The van der Waals surface area contributed by atoms with E-state index in [0.29, 0.717) is 5.92 Å². The fourth-order valence-electron chi connectivity index (χ4n) is 8.91. The van der Waals surface area contributed by atoms with E-state index in [0.717, 1.165) is 12.8 Å². The molecule has 2 aliphatic rings. The first-order valence-corrected chi connectivity index (χ1v) is 18.6. The van der Waals surface area contributed by atoms with Gasteiger partial charge in [0.05, 0.1) is 16.6 Å². The van der Waals surface area contributed by atoms with Crippen molar-refractivity contribution in [2.24, 2.45) is 5.92 Å². The largest absolute Gasteiger partial charge is 0.313 e. The van der Waals surface area contributed by atoms with E-state index < -0.39 is 0 Å². The molecule has 0 bridgehead atoms. The molecular formula is C50H40N2. The van der Waals surface area contributed by atoms with Crippen LogP contribution in [0.5, 0.6) is 0 Å². The highest BCUT2D eigenvalue weighted by Gasteiger charge is 2.21. The van der Waals surface area contributed by atoms with Crippen LogP contribution in [-0.4, -0.2) is 9.13 Å². The zero-order chi connectivity index (χ0) is 34.8. The lowest BCUT2D eigenvalue weighted by Crippen LogP contribution is -2.31. The third kappa shape index (κ3) is 5.09. The monoisotopic (exact) mass is 668 g/mol. The highest BCUT2D eigenvalue weighted by Crippen LogP contribution is 2.38. The van der Waals surface area contributed by atoms with Gasteiger partial charge in [0.25, 0.3) is 0 Å². The average Bonchev–Trinajstić information content (AvgIpc) is 3.70.